The Hall–Kier alpha value is -1.58. The molecule has 0 spiro atoms. The molecule has 0 aromatic heterocycles. The summed E-state index contributed by atoms with van der Waals surface area (Å²) in [6.45, 7) is 6.68. The van der Waals surface area contributed by atoms with Gasteiger partial charge in [0.1, 0.15) is 12.7 Å². The maximum atomic E-state index is 12.2. The molecule has 1 unspecified atom stereocenters. The SMILES string of the molecule is CCCCCCCC/C=C\CCCCCCCC(=O)OCC(CC)OC(=O)CCCCCCC/C=C\CCCCCCCC. The molecule has 258 valence electrons. The molecule has 0 amide bonds. The molecule has 4 heteroatoms. The highest BCUT2D eigenvalue weighted by Crippen LogP contribution is 2.13. The van der Waals surface area contributed by atoms with Crippen molar-refractivity contribution in [1.82, 2.24) is 0 Å². The second kappa shape index (κ2) is 35.9. The number of rotatable bonds is 34. The molecule has 0 aliphatic rings. The highest BCUT2D eigenvalue weighted by atomic mass is 16.6. The lowest BCUT2D eigenvalue weighted by molar-refractivity contribution is -0.159. The van der Waals surface area contributed by atoms with E-state index in [1.165, 1.54) is 141 Å². The zero-order valence-electron chi connectivity index (χ0n) is 29.7. The van der Waals surface area contributed by atoms with Gasteiger partial charge in [-0.3, -0.25) is 9.59 Å². The number of hydrogen-bond acceptors (Lipinski definition) is 4. The van der Waals surface area contributed by atoms with Crippen LogP contribution in [0.4, 0.5) is 0 Å². The highest BCUT2D eigenvalue weighted by molar-refractivity contribution is 5.70. The van der Waals surface area contributed by atoms with Crippen LogP contribution in [0, 0.1) is 0 Å². The predicted molar refractivity (Wildman–Crippen MR) is 190 cm³/mol. The fraction of sp³-hybridized carbons (Fsp3) is 0.850. The summed E-state index contributed by atoms with van der Waals surface area (Å²) in [4.78, 5) is 24.4. The lowest BCUT2D eigenvalue weighted by atomic mass is 10.1. The molecule has 0 saturated heterocycles. The van der Waals surface area contributed by atoms with Crippen molar-refractivity contribution < 1.29 is 19.1 Å². The lowest BCUT2D eigenvalue weighted by Gasteiger charge is -2.16. The number of hydrogen-bond donors (Lipinski definition) is 0. The molecule has 0 aromatic carbocycles. The van der Waals surface area contributed by atoms with Gasteiger partial charge in [0, 0.05) is 12.8 Å². The van der Waals surface area contributed by atoms with Crippen molar-refractivity contribution in [3.8, 4) is 0 Å². The summed E-state index contributed by atoms with van der Waals surface area (Å²) in [6, 6.07) is 0. The first-order valence-electron chi connectivity index (χ1n) is 19.3. The van der Waals surface area contributed by atoms with Gasteiger partial charge in [0.05, 0.1) is 0 Å². The predicted octanol–water partition coefficient (Wildman–Crippen LogP) is 12.9. The molecule has 0 N–H and O–H groups in total. The van der Waals surface area contributed by atoms with Crippen molar-refractivity contribution in [3.05, 3.63) is 24.3 Å². The maximum absolute atomic E-state index is 12.2. The first kappa shape index (κ1) is 42.4. The molecule has 0 rings (SSSR count). The summed E-state index contributed by atoms with van der Waals surface area (Å²) < 4.78 is 11.0. The summed E-state index contributed by atoms with van der Waals surface area (Å²) in [5.41, 5.74) is 0. The largest absolute Gasteiger partial charge is 0.462 e. The van der Waals surface area contributed by atoms with Crippen LogP contribution in [0.1, 0.15) is 207 Å². The molecule has 0 aromatic rings. The second-order valence-corrected chi connectivity index (χ2v) is 12.9. The molecule has 0 radical (unpaired) electrons. The van der Waals surface area contributed by atoms with E-state index in [1.54, 1.807) is 0 Å². The third-order valence-electron chi connectivity index (χ3n) is 8.47. The van der Waals surface area contributed by atoms with Crippen LogP contribution in [-0.2, 0) is 19.1 Å². The molecular weight excluding hydrogens is 544 g/mol. The van der Waals surface area contributed by atoms with Crippen LogP contribution in [-0.4, -0.2) is 24.6 Å². The molecule has 0 aliphatic heterocycles. The Balaban J connectivity index is 3.58. The average Bonchev–Trinajstić information content (AvgIpc) is 3.02. The summed E-state index contributed by atoms with van der Waals surface area (Å²) in [6.07, 6.45) is 43.0. The molecule has 44 heavy (non-hydrogen) atoms. The zero-order valence-corrected chi connectivity index (χ0v) is 29.7. The lowest BCUT2D eigenvalue weighted by Crippen LogP contribution is -2.24. The number of esters is 2. The Morgan fingerprint density at radius 1 is 0.455 bits per heavy atom. The van der Waals surface area contributed by atoms with Gasteiger partial charge < -0.3 is 9.47 Å². The summed E-state index contributed by atoms with van der Waals surface area (Å²) in [7, 11) is 0. The van der Waals surface area contributed by atoms with Gasteiger partial charge in [-0.15, -0.1) is 0 Å². The smallest absolute Gasteiger partial charge is 0.306 e. The Kier molecular flexibility index (Phi) is 34.6. The molecule has 4 nitrogen and oxygen atoms in total. The standard InChI is InChI=1S/C40H74O4/c1-4-7-9-11-13-15-17-19-21-23-25-27-29-31-33-35-39(41)43-37-38(6-3)44-40(42)36-34-32-30-28-26-24-22-20-18-16-14-12-10-8-5-2/h19-22,38H,4-18,23-37H2,1-3H3/b21-19-,22-20-. The van der Waals surface area contributed by atoms with Gasteiger partial charge >= 0.3 is 11.9 Å². The molecule has 0 fully saturated rings. The van der Waals surface area contributed by atoms with E-state index in [0.29, 0.717) is 19.3 Å². The maximum Gasteiger partial charge on any atom is 0.306 e. The van der Waals surface area contributed by atoms with Crippen molar-refractivity contribution in [3.63, 3.8) is 0 Å². The normalized spacial score (nSPS) is 12.3. The first-order valence-corrected chi connectivity index (χ1v) is 19.3. The van der Waals surface area contributed by atoms with E-state index in [4.69, 9.17) is 9.47 Å². The van der Waals surface area contributed by atoms with Crippen LogP contribution in [0.25, 0.3) is 0 Å². The van der Waals surface area contributed by atoms with Gasteiger partial charge in [0.2, 0.25) is 0 Å². The second-order valence-electron chi connectivity index (χ2n) is 12.9. The molecular formula is C40H74O4. The fourth-order valence-corrected chi connectivity index (χ4v) is 5.42. The number of carbonyl (C=O) groups is 2. The van der Waals surface area contributed by atoms with Gasteiger partial charge in [-0.2, -0.15) is 0 Å². The first-order chi connectivity index (χ1) is 21.6. The Morgan fingerprint density at radius 2 is 0.795 bits per heavy atom. The number of unbranched alkanes of at least 4 members (excludes halogenated alkanes) is 22. The number of allylic oxidation sites excluding steroid dienone is 4. The molecule has 0 saturated carbocycles. The van der Waals surface area contributed by atoms with Gasteiger partial charge in [-0.1, -0.05) is 148 Å². The van der Waals surface area contributed by atoms with E-state index >= 15 is 0 Å². The van der Waals surface area contributed by atoms with Crippen molar-refractivity contribution in [1.29, 1.82) is 0 Å². The van der Waals surface area contributed by atoms with E-state index in [9.17, 15) is 9.59 Å². The van der Waals surface area contributed by atoms with E-state index in [2.05, 4.69) is 38.2 Å². The Bertz CT molecular complexity index is 668. The van der Waals surface area contributed by atoms with Crippen LogP contribution in [0.3, 0.4) is 0 Å². The third kappa shape index (κ3) is 33.3. The minimum Gasteiger partial charge on any atom is -0.462 e. The summed E-state index contributed by atoms with van der Waals surface area (Å²) in [5.74, 6) is -0.336. The van der Waals surface area contributed by atoms with Crippen LogP contribution in [0.5, 0.6) is 0 Å². The average molecular weight is 619 g/mol. The topological polar surface area (TPSA) is 52.6 Å². The molecule has 0 bridgehead atoms. The van der Waals surface area contributed by atoms with Crippen molar-refractivity contribution in [2.45, 2.75) is 213 Å². The minimum atomic E-state index is -0.330. The van der Waals surface area contributed by atoms with Gasteiger partial charge in [-0.05, 0) is 70.6 Å². The number of carbonyl (C=O) groups excluding carboxylic acids is 2. The van der Waals surface area contributed by atoms with Crippen LogP contribution < -0.4 is 0 Å². The van der Waals surface area contributed by atoms with E-state index in [0.717, 1.165) is 25.7 Å². The van der Waals surface area contributed by atoms with Crippen LogP contribution in [0.2, 0.25) is 0 Å². The Morgan fingerprint density at radius 3 is 1.18 bits per heavy atom. The van der Waals surface area contributed by atoms with E-state index < -0.39 is 0 Å². The van der Waals surface area contributed by atoms with Crippen LogP contribution in [0.15, 0.2) is 24.3 Å². The Labute approximate surface area is 274 Å². The van der Waals surface area contributed by atoms with Crippen LogP contribution >= 0.6 is 0 Å². The summed E-state index contributed by atoms with van der Waals surface area (Å²) >= 11 is 0. The van der Waals surface area contributed by atoms with E-state index in [-0.39, 0.29) is 24.6 Å². The highest BCUT2D eigenvalue weighted by Gasteiger charge is 2.15. The van der Waals surface area contributed by atoms with E-state index in [1.807, 2.05) is 6.92 Å². The molecule has 0 aliphatic carbocycles. The van der Waals surface area contributed by atoms with Crippen molar-refractivity contribution >= 4 is 11.9 Å². The molecule has 1 atom stereocenters. The van der Waals surface area contributed by atoms with Gasteiger partial charge in [-0.25, -0.2) is 0 Å². The quantitative estimate of drug-likeness (QED) is 0.0409. The fourth-order valence-electron chi connectivity index (χ4n) is 5.42. The van der Waals surface area contributed by atoms with Crippen molar-refractivity contribution in [2.24, 2.45) is 0 Å². The molecule has 0 heterocycles. The van der Waals surface area contributed by atoms with Gasteiger partial charge in [0.15, 0.2) is 0 Å². The van der Waals surface area contributed by atoms with Gasteiger partial charge in [0.25, 0.3) is 0 Å². The zero-order chi connectivity index (χ0) is 32.2. The minimum absolute atomic E-state index is 0.164. The third-order valence-corrected chi connectivity index (χ3v) is 8.47. The number of ether oxygens (including phenoxy) is 2. The van der Waals surface area contributed by atoms with Crippen molar-refractivity contribution in [2.75, 3.05) is 6.61 Å². The summed E-state index contributed by atoms with van der Waals surface area (Å²) in [5, 5.41) is 0. The monoisotopic (exact) mass is 619 g/mol.